The van der Waals surface area contributed by atoms with Crippen LogP contribution < -0.4 is 5.32 Å². The van der Waals surface area contributed by atoms with Crippen molar-refractivity contribution in [1.29, 1.82) is 0 Å². The largest absolute Gasteiger partial charge is 0.370 e. The van der Waals surface area contributed by atoms with Crippen molar-refractivity contribution in [1.82, 2.24) is 9.97 Å². The molecule has 68 valence electrons. The maximum absolute atomic E-state index is 10.4. The van der Waals surface area contributed by atoms with E-state index in [2.05, 4.69) is 15.3 Å². The molecule has 4 nitrogen and oxygen atoms in total. The number of rotatable bonds is 1. The molecule has 13 heavy (non-hydrogen) atoms. The highest BCUT2D eigenvalue weighted by Crippen LogP contribution is 2.25. The molecule has 0 fully saturated rings. The fraction of sp³-hybridized carbons (Fsp3) is 0.375. The summed E-state index contributed by atoms with van der Waals surface area (Å²) >= 11 is 5.88. The maximum Gasteiger partial charge on any atom is 0.196 e. The van der Waals surface area contributed by atoms with Gasteiger partial charge < -0.3 is 5.32 Å². The quantitative estimate of drug-likeness (QED) is 0.545. The summed E-state index contributed by atoms with van der Waals surface area (Å²) in [5, 5.41) is 3.47. The predicted octanol–water partition coefficient (Wildman–Crippen LogP) is 1.30. The molecule has 0 spiro atoms. The molecule has 0 amide bonds. The van der Waals surface area contributed by atoms with Gasteiger partial charge in [0.2, 0.25) is 0 Å². The molecule has 0 saturated heterocycles. The van der Waals surface area contributed by atoms with Crippen molar-refractivity contribution >= 4 is 23.7 Å². The van der Waals surface area contributed by atoms with Crippen LogP contribution in [-0.2, 0) is 6.42 Å². The Morgan fingerprint density at radius 1 is 1.46 bits per heavy atom. The van der Waals surface area contributed by atoms with Crippen LogP contribution in [-0.4, -0.2) is 22.8 Å². The van der Waals surface area contributed by atoms with E-state index in [1.807, 2.05) is 0 Å². The molecule has 1 aromatic heterocycles. The minimum Gasteiger partial charge on any atom is -0.370 e. The van der Waals surface area contributed by atoms with Gasteiger partial charge in [-0.05, 0) is 12.8 Å². The first kappa shape index (κ1) is 8.44. The molecule has 0 radical (unpaired) electrons. The van der Waals surface area contributed by atoms with Crippen molar-refractivity contribution < 1.29 is 4.79 Å². The first-order valence-electron chi connectivity index (χ1n) is 4.06. The van der Waals surface area contributed by atoms with Crippen LogP contribution in [0.25, 0.3) is 0 Å². The van der Waals surface area contributed by atoms with Gasteiger partial charge in [-0.2, -0.15) is 0 Å². The van der Waals surface area contributed by atoms with Crippen molar-refractivity contribution in [2.45, 2.75) is 12.8 Å². The Balaban J connectivity index is 2.52. The maximum atomic E-state index is 10.4. The molecule has 0 aromatic carbocycles. The SMILES string of the molecule is O=Cc1nc(Cl)c2c(n1)NCCC2. The number of carbonyl (C=O) groups is 1. The van der Waals surface area contributed by atoms with Crippen LogP contribution in [0.2, 0.25) is 5.15 Å². The molecular formula is C8H8ClN3O. The van der Waals surface area contributed by atoms with E-state index in [0.717, 1.165) is 24.9 Å². The molecule has 0 bridgehead atoms. The molecule has 0 aliphatic carbocycles. The highest BCUT2D eigenvalue weighted by Gasteiger charge is 2.15. The second-order valence-electron chi connectivity index (χ2n) is 2.85. The Hall–Kier alpha value is -1.16. The second-order valence-corrected chi connectivity index (χ2v) is 3.21. The summed E-state index contributed by atoms with van der Waals surface area (Å²) in [6.45, 7) is 0.874. The van der Waals surface area contributed by atoms with Crippen LogP contribution >= 0.6 is 11.6 Å². The van der Waals surface area contributed by atoms with Gasteiger partial charge in [0.05, 0.1) is 0 Å². The molecule has 5 heteroatoms. The van der Waals surface area contributed by atoms with E-state index in [9.17, 15) is 4.79 Å². The van der Waals surface area contributed by atoms with Gasteiger partial charge >= 0.3 is 0 Å². The zero-order chi connectivity index (χ0) is 9.26. The van der Waals surface area contributed by atoms with Crippen molar-refractivity contribution in [2.24, 2.45) is 0 Å². The van der Waals surface area contributed by atoms with Gasteiger partial charge in [0.15, 0.2) is 12.1 Å². The summed E-state index contributed by atoms with van der Waals surface area (Å²) in [6, 6.07) is 0. The monoisotopic (exact) mass is 197 g/mol. The van der Waals surface area contributed by atoms with E-state index >= 15 is 0 Å². The highest BCUT2D eigenvalue weighted by atomic mass is 35.5. The lowest BCUT2D eigenvalue weighted by atomic mass is 10.1. The third kappa shape index (κ3) is 1.49. The van der Waals surface area contributed by atoms with Crippen LogP contribution in [0.4, 0.5) is 5.82 Å². The Morgan fingerprint density at radius 3 is 3.08 bits per heavy atom. The number of nitrogens with zero attached hydrogens (tertiary/aromatic N) is 2. The van der Waals surface area contributed by atoms with E-state index in [4.69, 9.17) is 11.6 Å². The first-order valence-corrected chi connectivity index (χ1v) is 4.44. The summed E-state index contributed by atoms with van der Waals surface area (Å²) in [5.74, 6) is 0.839. The number of fused-ring (bicyclic) bond motifs is 1. The molecule has 0 saturated carbocycles. The van der Waals surface area contributed by atoms with Gasteiger partial charge in [0, 0.05) is 12.1 Å². The molecule has 2 heterocycles. The molecule has 1 N–H and O–H groups in total. The Kier molecular flexibility index (Phi) is 2.14. The van der Waals surface area contributed by atoms with Gasteiger partial charge in [0.1, 0.15) is 11.0 Å². The Labute approximate surface area is 80.3 Å². The summed E-state index contributed by atoms with van der Waals surface area (Å²) in [6.07, 6.45) is 2.50. The van der Waals surface area contributed by atoms with Gasteiger partial charge in [-0.3, -0.25) is 4.79 Å². The summed E-state index contributed by atoms with van der Waals surface area (Å²) in [5.41, 5.74) is 0.915. The molecule has 1 aliphatic rings. The number of hydrogen-bond donors (Lipinski definition) is 1. The van der Waals surface area contributed by atoms with E-state index < -0.39 is 0 Å². The topological polar surface area (TPSA) is 54.9 Å². The van der Waals surface area contributed by atoms with Gasteiger partial charge in [-0.25, -0.2) is 9.97 Å². The number of halogens is 1. The summed E-state index contributed by atoms with van der Waals surface area (Å²) in [7, 11) is 0. The number of anilines is 1. The van der Waals surface area contributed by atoms with Crippen molar-refractivity contribution in [3.63, 3.8) is 0 Å². The summed E-state index contributed by atoms with van der Waals surface area (Å²) in [4.78, 5) is 18.3. The third-order valence-corrected chi connectivity index (χ3v) is 2.29. The average molecular weight is 198 g/mol. The van der Waals surface area contributed by atoms with E-state index in [-0.39, 0.29) is 5.82 Å². The fourth-order valence-electron chi connectivity index (χ4n) is 1.37. The van der Waals surface area contributed by atoms with Crippen LogP contribution in [0.15, 0.2) is 0 Å². The standard InChI is InChI=1S/C8H8ClN3O/c9-7-5-2-1-3-10-8(5)12-6(4-13)11-7/h4H,1-3H2,(H,10,11,12). The molecule has 0 unspecified atom stereocenters. The molecule has 0 atom stereocenters. The predicted molar refractivity (Wildman–Crippen MR) is 49.2 cm³/mol. The molecule has 2 rings (SSSR count). The average Bonchev–Trinajstić information content (AvgIpc) is 2.18. The van der Waals surface area contributed by atoms with Crippen molar-refractivity contribution in [2.75, 3.05) is 11.9 Å². The Morgan fingerprint density at radius 2 is 2.31 bits per heavy atom. The smallest absolute Gasteiger partial charge is 0.196 e. The normalized spacial score (nSPS) is 14.5. The number of nitrogens with one attached hydrogen (secondary N) is 1. The van der Waals surface area contributed by atoms with E-state index in [1.54, 1.807) is 0 Å². The van der Waals surface area contributed by atoms with Crippen LogP contribution in [0.3, 0.4) is 0 Å². The zero-order valence-electron chi connectivity index (χ0n) is 6.88. The number of carbonyl (C=O) groups excluding carboxylic acids is 1. The van der Waals surface area contributed by atoms with Crippen LogP contribution in [0.1, 0.15) is 22.6 Å². The second kappa shape index (κ2) is 3.30. The minimum atomic E-state index is 0.137. The number of aromatic nitrogens is 2. The first-order chi connectivity index (χ1) is 6.31. The van der Waals surface area contributed by atoms with E-state index in [1.165, 1.54) is 0 Å². The van der Waals surface area contributed by atoms with Gasteiger partial charge in [-0.1, -0.05) is 11.6 Å². The van der Waals surface area contributed by atoms with Crippen LogP contribution in [0.5, 0.6) is 0 Å². The zero-order valence-corrected chi connectivity index (χ0v) is 7.64. The molecule has 1 aromatic rings. The number of hydrogen-bond acceptors (Lipinski definition) is 4. The van der Waals surface area contributed by atoms with Crippen LogP contribution in [0, 0.1) is 0 Å². The lowest BCUT2D eigenvalue weighted by molar-refractivity contribution is 0.111. The molecule has 1 aliphatic heterocycles. The lowest BCUT2D eigenvalue weighted by Crippen LogP contribution is -2.15. The van der Waals surface area contributed by atoms with Gasteiger partial charge in [0.25, 0.3) is 0 Å². The summed E-state index contributed by atoms with van der Waals surface area (Å²) < 4.78 is 0. The Bertz CT molecular complexity index is 353. The fourth-order valence-corrected chi connectivity index (χ4v) is 1.64. The molecular weight excluding hydrogens is 190 g/mol. The highest BCUT2D eigenvalue weighted by molar-refractivity contribution is 6.30. The minimum absolute atomic E-state index is 0.137. The van der Waals surface area contributed by atoms with Crippen molar-refractivity contribution in [3.05, 3.63) is 16.5 Å². The van der Waals surface area contributed by atoms with Crippen molar-refractivity contribution in [3.8, 4) is 0 Å². The number of aldehydes is 1. The van der Waals surface area contributed by atoms with Gasteiger partial charge in [-0.15, -0.1) is 0 Å². The van der Waals surface area contributed by atoms with E-state index in [0.29, 0.717) is 17.3 Å². The third-order valence-electron chi connectivity index (χ3n) is 1.98. The lowest BCUT2D eigenvalue weighted by Gasteiger charge is -2.17.